The number of hydrogen-bond acceptors (Lipinski definition) is 3. The van der Waals surface area contributed by atoms with Crippen molar-refractivity contribution in [2.75, 3.05) is 20.1 Å². The van der Waals surface area contributed by atoms with Crippen molar-refractivity contribution in [3.63, 3.8) is 0 Å². The lowest BCUT2D eigenvalue weighted by atomic mass is 9.86. The molecule has 0 radical (unpaired) electrons. The van der Waals surface area contributed by atoms with Gasteiger partial charge in [-0.15, -0.1) is 0 Å². The first-order valence-electron chi connectivity index (χ1n) is 11.3. The monoisotopic (exact) mass is 424 g/mol. The summed E-state index contributed by atoms with van der Waals surface area (Å²) in [5, 5.41) is 3.42. The number of sulfonamides is 1. The molecule has 2 aromatic rings. The summed E-state index contributed by atoms with van der Waals surface area (Å²) in [5.41, 5.74) is 6.89. The van der Waals surface area contributed by atoms with E-state index >= 15 is 0 Å². The molecule has 1 N–H and O–H groups in total. The first-order chi connectivity index (χ1) is 14.5. The van der Waals surface area contributed by atoms with Crippen molar-refractivity contribution in [2.24, 2.45) is 0 Å². The molecule has 3 aliphatic rings. The fourth-order valence-corrected chi connectivity index (χ4v) is 7.51. The molecule has 5 heteroatoms. The first-order valence-corrected chi connectivity index (χ1v) is 12.8. The molecule has 2 fully saturated rings. The second-order valence-electron chi connectivity index (χ2n) is 9.47. The summed E-state index contributed by atoms with van der Waals surface area (Å²) >= 11 is 0. The Morgan fingerprint density at radius 2 is 1.90 bits per heavy atom. The molecule has 0 spiro atoms. The third-order valence-corrected chi connectivity index (χ3v) is 9.89. The van der Waals surface area contributed by atoms with Gasteiger partial charge in [0.05, 0.1) is 5.25 Å². The maximum Gasteiger partial charge on any atom is 0.217 e. The number of likely N-dealkylation sites (N-methyl/N-ethyl adjacent to an activating group) is 1. The van der Waals surface area contributed by atoms with Gasteiger partial charge in [-0.25, -0.2) is 12.7 Å². The summed E-state index contributed by atoms with van der Waals surface area (Å²) in [5.74, 6) is 0.792. The summed E-state index contributed by atoms with van der Waals surface area (Å²) in [7, 11) is -0.998. The Morgan fingerprint density at radius 1 is 1.10 bits per heavy atom. The van der Waals surface area contributed by atoms with E-state index < -0.39 is 10.0 Å². The van der Waals surface area contributed by atoms with Crippen LogP contribution in [0.4, 0.5) is 0 Å². The van der Waals surface area contributed by atoms with Gasteiger partial charge >= 0.3 is 0 Å². The van der Waals surface area contributed by atoms with E-state index in [9.17, 15) is 8.42 Å². The van der Waals surface area contributed by atoms with Crippen LogP contribution in [0.25, 0.3) is 0 Å². The maximum absolute atomic E-state index is 12.6. The fourth-order valence-electron chi connectivity index (χ4n) is 5.38. The van der Waals surface area contributed by atoms with Crippen molar-refractivity contribution in [1.82, 2.24) is 9.62 Å². The highest BCUT2D eigenvalue weighted by Gasteiger charge is 2.43. The van der Waals surface area contributed by atoms with Gasteiger partial charge in [0.1, 0.15) is 0 Å². The Balaban J connectivity index is 1.34. The largest absolute Gasteiger partial charge is 0.316 e. The van der Waals surface area contributed by atoms with E-state index in [1.165, 1.54) is 27.8 Å². The zero-order valence-electron chi connectivity index (χ0n) is 18.0. The molecule has 2 unspecified atom stereocenters. The Morgan fingerprint density at radius 3 is 2.57 bits per heavy atom. The summed E-state index contributed by atoms with van der Waals surface area (Å²) in [6, 6.07) is 16.2. The highest BCUT2D eigenvalue weighted by Crippen LogP contribution is 2.40. The number of fused-ring (bicyclic) bond motifs is 1. The van der Waals surface area contributed by atoms with Gasteiger partial charge in [-0.3, -0.25) is 0 Å². The van der Waals surface area contributed by atoms with Crippen molar-refractivity contribution in [1.29, 1.82) is 0 Å². The Kier molecular flexibility index (Phi) is 5.24. The standard InChI is InChI=1S/C25H32N2O2S/c1-17-5-3-6-18(11-17)12-24-23-13-19(9-10-20(23)14-25(24)26-2)21-15-27(16-21)30(28,29)22-7-4-8-22/h3,5-6,9-11,13,21-22,24-26H,4,7-8,12,14-16H2,1-2H3. The summed E-state index contributed by atoms with van der Waals surface area (Å²) in [6.45, 7) is 3.45. The van der Waals surface area contributed by atoms with Crippen molar-refractivity contribution < 1.29 is 8.42 Å². The van der Waals surface area contributed by atoms with Crippen LogP contribution in [-0.4, -0.2) is 44.2 Å². The van der Waals surface area contributed by atoms with E-state index in [0.717, 1.165) is 32.1 Å². The fraction of sp³-hybridized carbons (Fsp3) is 0.520. The Labute approximate surface area is 180 Å². The predicted molar refractivity (Wildman–Crippen MR) is 121 cm³/mol. The van der Waals surface area contributed by atoms with Gasteiger partial charge in [0.25, 0.3) is 0 Å². The summed E-state index contributed by atoms with van der Waals surface area (Å²) in [4.78, 5) is 0. The van der Waals surface area contributed by atoms with Gasteiger partial charge in [0.15, 0.2) is 0 Å². The van der Waals surface area contributed by atoms with Crippen LogP contribution in [0, 0.1) is 6.92 Å². The molecule has 0 amide bonds. The van der Waals surface area contributed by atoms with Crippen LogP contribution in [0.1, 0.15) is 58.9 Å². The van der Waals surface area contributed by atoms with E-state index in [1.807, 2.05) is 0 Å². The molecule has 1 saturated carbocycles. The third-order valence-electron chi connectivity index (χ3n) is 7.56. The average Bonchev–Trinajstić information content (AvgIpc) is 2.95. The summed E-state index contributed by atoms with van der Waals surface area (Å²) in [6.07, 6.45) is 4.84. The minimum atomic E-state index is -3.06. The van der Waals surface area contributed by atoms with E-state index in [4.69, 9.17) is 0 Å². The molecular weight excluding hydrogens is 392 g/mol. The number of nitrogens with zero attached hydrogens (tertiary/aromatic N) is 1. The molecule has 0 bridgehead atoms. The minimum absolute atomic E-state index is 0.117. The van der Waals surface area contributed by atoms with E-state index in [1.54, 1.807) is 4.31 Å². The van der Waals surface area contributed by atoms with E-state index in [2.05, 4.69) is 61.8 Å². The smallest absolute Gasteiger partial charge is 0.217 e. The molecule has 2 aliphatic carbocycles. The number of nitrogens with one attached hydrogen (secondary N) is 1. The van der Waals surface area contributed by atoms with Gasteiger partial charge in [0, 0.05) is 31.0 Å². The molecular formula is C25H32N2O2S. The normalized spacial score (nSPS) is 25.0. The van der Waals surface area contributed by atoms with Gasteiger partial charge in [-0.2, -0.15) is 0 Å². The number of rotatable bonds is 6. The van der Waals surface area contributed by atoms with Gasteiger partial charge < -0.3 is 5.32 Å². The van der Waals surface area contributed by atoms with Crippen LogP contribution in [0.15, 0.2) is 42.5 Å². The van der Waals surface area contributed by atoms with Gasteiger partial charge in [0.2, 0.25) is 10.0 Å². The Hall–Kier alpha value is -1.69. The average molecular weight is 425 g/mol. The zero-order valence-corrected chi connectivity index (χ0v) is 18.8. The molecule has 0 aromatic heterocycles. The van der Waals surface area contributed by atoms with E-state index in [0.29, 0.717) is 31.0 Å². The van der Waals surface area contributed by atoms with Crippen LogP contribution in [-0.2, 0) is 22.9 Å². The van der Waals surface area contributed by atoms with Crippen molar-refractivity contribution in [3.8, 4) is 0 Å². The maximum atomic E-state index is 12.6. The molecule has 2 aromatic carbocycles. The SMILES string of the molecule is CNC1Cc2ccc(C3CN(S(=O)(=O)C4CCC4)C3)cc2C1Cc1cccc(C)c1. The quantitative estimate of drug-likeness (QED) is 0.768. The van der Waals surface area contributed by atoms with Gasteiger partial charge in [-0.1, -0.05) is 54.4 Å². The molecule has 30 heavy (non-hydrogen) atoms. The highest BCUT2D eigenvalue weighted by molar-refractivity contribution is 7.89. The molecule has 5 rings (SSSR count). The first kappa shape index (κ1) is 20.2. The zero-order chi connectivity index (χ0) is 20.9. The van der Waals surface area contributed by atoms with Crippen molar-refractivity contribution >= 4 is 10.0 Å². The van der Waals surface area contributed by atoms with Crippen LogP contribution in [0.5, 0.6) is 0 Å². The summed E-state index contributed by atoms with van der Waals surface area (Å²) < 4.78 is 27.0. The molecule has 160 valence electrons. The number of hydrogen-bond donors (Lipinski definition) is 1. The molecule has 1 saturated heterocycles. The van der Waals surface area contributed by atoms with Gasteiger partial charge in [-0.05, 0) is 61.9 Å². The number of benzene rings is 2. The van der Waals surface area contributed by atoms with Crippen molar-refractivity contribution in [2.45, 2.75) is 62.2 Å². The minimum Gasteiger partial charge on any atom is -0.316 e. The molecule has 4 nitrogen and oxygen atoms in total. The van der Waals surface area contributed by atoms with Crippen LogP contribution in [0.2, 0.25) is 0 Å². The third kappa shape index (κ3) is 3.51. The number of aryl methyl sites for hydroxylation is 1. The highest BCUT2D eigenvalue weighted by atomic mass is 32.2. The lowest BCUT2D eigenvalue weighted by molar-refractivity contribution is 0.255. The van der Waals surface area contributed by atoms with E-state index in [-0.39, 0.29) is 5.25 Å². The topological polar surface area (TPSA) is 49.4 Å². The second kappa shape index (κ2) is 7.77. The Bertz CT molecular complexity index is 1040. The lowest BCUT2D eigenvalue weighted by Crippen LogP contribution is -2.52. The molecule has 1 aliphatic heterocycles. The second-order valence-corrected chi connectivity index (χ2v) is 11.7. The van der Waals surface area contributed by atoms with Crippen LogP contribution < -0.4 is 5.32 Å². The predicted octanol–water partition coefficient (Wildman–Crippen LogP) is 3.75. The molecule has 2 atom stereocenters. The lowest BCUT2D eigenvalue weighted by Gasteiger charge is -2.42. The van der Waals surface area contributed by atoms with Crippen molar-refractivity contribution in [3.05, 3.63) is 70.3 Å². The molecule has 1 heterocycles. The van der Waals surface area contributed by atoms with Crippen LogP contribution >= 0.6 is 0 Å². The van der Waals surface area contributed by atoms with Crippen LogP contribution in [0.3, 0.4) is 0 Å².